The maximum Gasteiger partial charge on any atom is 0.357 e. The molecule has 4 N–H and O–H groups in total. The van der Waals surface area contributed by atoms with Gasteiger partial charge in [-0.15, -0.1) is 0 Å². The van der Waals surface area contributed by atoms with Crippen LogP contribution in [0.1, 0.15) is 26.4 Å². The number of para-hydroxylation sites is 1. The molecule has 3 aromatic rings. The van der Waals surface area contributed by atoms with E-state index in [-0.39, 0.29) is 46.0 Å². The molecular formula is C22H18FN5O5. The van der Waals surface area contributed by atoms with Crippen LogP contribution in [0.2, 0.25) is 0 Å². The highest BCUT2D eigenvalue weighted by molar-refractivity contribution is 6.01. The Morgan fingerprint density at radius 2 is 1.85 bits per heavy atom. The summed E-state index contributed by atoms with van der Waals surface area (Å²) in [6.07, 6.45) is 1.39. The number of rotatable bonds is 7. The largest absolute Gasteiger partial charge is 0.465 e. The Hall–Kier alpha value is -4.85. The summed E-state index contributed by atoms with van der Waals surface area (Å²) in [5.74, 6) is -2.86. The van der Waals surface area contributed by atoms with Crippen molar-refractivity contribution in [1.29, 1.82) is 5.26 Å². The molecule has 11 heteroatoms. The molecule has 1 heterocycles. The molecule has 1 aromatic heterocycles. The minimum atomic E-state index is -1.03. The molecule has 0 spiro atoms. The van der Waals surface area contributed by atoms with Gasteiger partial charge in [0.1, 0.15) is 11.8 Å². The lowest BCUT2D eigenvalue weighted by Crippen LogP contribution is -2.16. The molecule has 0 aliphatic rings. The molecule has 0 saturated heterocycles. The van der Waals surface area contributed by atoms with E-state index >= 15 is 4.39 Å². The number of hydrogen-bond donors (Lipinski definition) is 3. The van der Waals surface area contributed by atoms with Gasteiger partial charge in [-0.3, -0.25) is 4.79 Å². The Labute approximate surface area is 187 Å². The molecule has 1 amide bonds. The second-order valence-electron chi connectivity index (χ2n) is 6.53. The molecule has 10 nitrogen and oxygen atoms in total. The first-order valence-electron chi connectivity index (χ1n) is 9.34. The molecule has 0 unspecified atom stereocenters. The van der Waals surface area contributed by atoms with E-state index in [4.69, 9.17) is 15.2 Å². The van der Waals surface area contributed by atoms with Crippen molar-refractivity contribution in [1.82, 2.24) is 4.57 Å². The number of benzene rings is 2. The monoisotopic (exact) mass is 451 g/mol. The zero-order chi connectivity index (χ0) is 24.1. The van der Waals surface area contributed by atoms with Crippen LogP contribution in [0.4, 0.5) is 27.1 Å². The summed E-state index contributed by atoms with van der Waals surface area (Å²) < 4.78 is 26.5. The summed E-state index contributed by atoms with van der Waals surface area (Å²) in [6, 6.07) is 11.4. The number of aromatic nitrogens is 1. The van der Waals surface area contributed by atoms with Crippen LogP contribution < -0.4 is 16.4 Å². The van der Waals surface area contributed by atoms with Crippen LogP contribution >= 0.6 is 0 Å². The number of nitrogens with two attached hydrogens (primary N) is 1. The predicted molar refractivity (Wildman–Crippen MR) is 117 cm³/mol. The number of nitrogens with zero attached hydrogens (tertiary/aromatic N) is 2. The van der Waals surface area contributed by atoms with Crippen molar-refractivity contribution < 1.29 is 28.2 Å². The third kappa shape index (κ3) is 4.17. The first-order chi connectivity index (χ1) is 15.9. The van der Waals surface area contributed by atoms with Crippen molar-refractivity contribution in [2.24, 2.45) is 0 Å². The van der Waals surface area contributed by atoms with Crippen molar-refractivity contribution >= 4 is 41.1 Å². The van der Waals surface area contributed by atoms with Gasteiger partial charge in [0, 0.05) is 11.9 Å². The molecule has 0 aliphatic heterocycles. The fourth-order valence-corrected chi connectivity index (χ4v) is 3.20. The molecule has 0 saturated carbocycles. The highest BCUT2D eigenvalue weighted by atomic mass is 19.1. The van der Waals surface area contributed by atoms with E-state index in [1.165, 1.54) is 6.07 Å². The number of nitrogens with one attached hydrogen (secondary N) is 2. The molecule has 3 rings (SSSR count). The van der Waals surface area contributed by atoms with Crippen LogP contribution in [0.3, 0.4) is 0 Å². The van der Waals surface area contributed by atoms with E-state index in [1.807, 2.05) is 6.07 Å². The van der Waals surface area contributed by atoms with Crippen molar-refractivity contribution in [2.75, 3.05) is 30.6 Å². The lowest BCUT2D eigenvalue weighted by molar-refractivity contribution is -0.105. The average Bonchev–Trinajstić information content (AvgIpc) is 3.16. The highest BCUT2D eigenvalue weighted by Gasteiger charge is 2.29. The van der Waals surface area contributed by atoms with E-state index < -0.39 is 17.8 Å². The quantitative estimate of drug-likeness (QED) is 0.367. The first-order valence-corrected chi connectivity index (χ1v) is 9.34. The summed E-state index contributed by atoms with van der Waals surface area (Å²) >= 11 is 0. The van der Waals surface area contributed by atoms with Gasteiger partial charge in [0.2, 0.25) is 6.41 Å². The molecular weight excluding hydrogens is 433 g/mol. The number of methoxy groups -OCH3 is 2. The number of anilines is 4. The number of carbonyl (C=O) groups excluding carboxylic acids is 3. The topological polar surface area (TPSA) is 148 Å². The van der Waals surface area contributed by atoms with E-state index in [0.29, 0.717) is 5.69 Å². The van der Waals surface area contributed by atoms with Gasteiger partial charge in [-0.1, -0.05) is 18.2 Å². The summed E-state index contributed by atoms with van der Waals surface area (Å²) in [4.78, 5) is 36.1. The van der Waals surface area contributed by atoms with Gasteiger partial charge in [-0.2, -0.15) is 5.26 Å². The van der Waals surface area contributed by atoms with Gasteiger partial charge in [0.15, 0.2) is 11.5 Å². The van der Waals surface area contributed by atoms with E-state index in [0.717, 1.165) is 25.0 Å². The van der Waals surface area contributed by atoms with E-state index in [2.05, 4.69) is 10.6 Å². The predicted octanol–water partition coefficient (Wildman–Crippen LogP) is 2.96. The number of halogens is 1. The minimum absolute atomic E-state index is 0.124. The van der Waals surface area contributed by atoms with Crippen molar-refractivity contribution in [3.63, 3.8) is 0 Å². The smallest absolute Gasteiger partial charge is 0.357 e. The van der Waals surface area contributed by atoms with Crippen LogP contribution in [0.5, 0.6) is 0 Å². The summed E-state index contributed by atoms with van der Waals surface area (Å²) in [6.45, 7) is 0. The number of amides is 1. The Kier molecular flexibility index (Phi) is 6.59. The molecule has 168 valence electrons. The number of ether oxygens (including phenoxy) is 2. The maximum atomic E-state index is 16.1. The molecule has 0 aliphatic carbocycles. The fraction of sp³-hybridized carbons (Fsp3) is 0.0909. The molecule has 0 radical (unpaired) electrons. The Balaban J connectivity index is 2.40. The fourth-order valence-electron chi connectivity index (χ4n) is 3.20. The van der Waals surface area contributed by atoms with Gasteiger partial charge < -0.3 is 30.4 Å². The maximum absolute atomic E-state index is 16.1. The van der Waals surface area contributed by atoms with Crippen LogP contribution in [-0.4, -0.2) is 37.1 Å². The zero-order valence-corrected chi connectivity index (χ0v) is 17.5. The van der Waals surface area contributed by atoms with Gasteiger partial charge in [-0.05, 0) is 18.2 Å². The summed E-state index contributed by atoms with van der Waals surface area (Å²) in [7, 11) is 2.21. The van der Waals surface area contributed by atoms with Crippen LogP contribution in [0, 0.1) is 17.1 Å². The Bertz CT molecular complexity index is 1280. The second-order valence-corrected chi connectivity index (χ2v) is 6.53. The Morgan fingerprint density at radius 1 is 1.18 bits per heavy atom. The average molecular weight is 451 g/mol. The van der Waals surface area contributed by atoms with Crippen LogP contribution in [0.25, 0.3) is 5.69 Å². The second kappa shape index (κ2) is 9.52. The number of hydrogen-bond acceptors (Lipinski definition) is 8. The van der Waals surface area contributed by atoms with Gasteiger partial charge in [-0.25, -0.2) is 14.0 Å². The van der Waals surface area contributed by atoms with Crippen LogP contribution in [0.15, 0.2) is 42.6 Å². The first kappa shape index (κ1) is 22.8. The molecule has 0 atom stereocenters. The standard InChI is InChI=1S/C22H18FN5O5/c1-32-21(30)14-8-15(26-11-29)19(16(23)18(14)27-13-6-4-3-5-7-13)28-10-12(9-24)17(25)20(28)22(31)33-2/h3-8,10-11,27H,25H2,1-2H3,(H,26,29). The summed E-state index contributed by atoms with van der Waals surface area (Å²) in [5.41, 5.74) is 4.60. The minimum Gasteiger partial charge on any atom is -0.465 e. The molecule has 0 fully saturated rings. The third-order valence-electron chi connectivity index (χ3n) is 4.69. The van der Waals surface area contributed by atoms with Crippen molar-refractivity contribution in [3.8, 4) is 11.8 Å². The zero-order valence-electron chi connectivity index (χ0n) is 17.5. The normalized spacial score (nSPS) is 10.1. The third-order valence-corrected chi connectivity index (χ3v) is 4.69. The number of esters is 2. The summed E-state index contributed by atoms with van der Waals surface area (Å²) in [5, 5.41) is 14.5. The highest BCUT2D eigenvalue weighted by Crippen LogP contribution is 2.37. The number of carbonyl (C=O) groups is 3. The number of nitriles is 1. The SMILES string of the molecule is COC(=O)c1cc(NC=O)c(-n2cc(C#N)c(N)c2C(=O)OC)c(F)c1Nc1ccccc1. The molecule has 33 heavy (non-hydrogen) atoms. The van der Waals surface area contributed by atoms with Gasteiger partial charge in [0.25, 0.3) is 0 Å². The van der Waals surface area contributed by atoms with Crippen LogP contribution in [-0.2, 0) is 14.3 Å². The van der Waals surface area contributed by atoms with E-state index in [1.54, 1.807) is 30.3 Å². The molecule has 0 bridgehead atoms. The van der Waals surface area contributed by atoms with E-state index in [9.17, 15) is 19.6 Å². The molecule has 2 aromatic carbocycles. The van der Waals surface area contributed by atoms with Gasteiger partial charge >= 0.3 is 11.9 Å². The van der Waals surface area contributed by atoms with Gasteiger partial charge in [0.05, 0.1) is 42.4 Å². The van der Waals surface area contributed by atoms with Crippen molar-refractivity contribution in [2.45, 2.75) is 0 Å². The lowest BCUT2D eigenvalue weighted by Gasteiger charge is -2.19. The number of nitrogen functional groups attached to an aromatic ring is 1. The lowest BCUT2D eigenvalue weighted by atomic mass is 10.1. The van der Waals surface area contributed by atoms with Crippen molar-refractivity contribution in [3.05, 3.63) is 65.2 Å². The Morgan fingerprint density at radius 3 is 2.42 bits per heavy atom.